The molecule has 0 radical (unpaired) electrons. The molecule has 1 aromatic carbocycles. The van der Waals surface area contributed by atoms with Crippen molar-refractivity contribution in [2.24, 2.45) is 11.7 Å². The summed E-state index contributed by atoms with van der Waals surface area (Å²) in [4.78, 5) is 27.0. The number of hydrogen-bond acceptors (Lipinski definition) is 6. The lowest BCUT2D eigenvalue weighted by Gasteiger charge is -2.25. The number of fused-ring (bicyclic) bond motifs is 1. The van der Waals surface area contributed by atoms with Crippen LogP contribution in [0.1, 0.15) is 42.3 Å². The Morgan fingerprint density at radius 3 is 2.31 bits per heavy atom. The van der Waals surface area contributed by atoms with Gasteiger partial charge in [-0.25, -0.2) is 22.4 Å². The van der Waals surface area contributed by atoms with E-state index in [2.05, 4.69) is 0 Å². The monoisotopic (exact) mass is 493 g/mol. The highest BCUT2D eigenvalue weighted by molar-refractivity contribution is 5.78. The third kappa shape index (κ3) is 3.63. The minimum atomic E-state index is -1.11. The van der Waals surface area contributed by atoms with E-state index in [0.717, 1.165) is 10.6 Å². The molecular weight excluding hydrogens is 470 g/mol. The molecule has 8 nitrogen and oxygen atoms in total. The number of aromatic nitrogens is 2. The van der Waals surface area contributed by atoms with Gasteiger partial charge in [-0.2, -0.15) is 4.68 Å². The van der Waals surface area contributed by atoms with Gasteiger partial charge in [0.2, 0.25) is 0 Å². The predicted octanol–water partition coefficient (Wildman–Crippen LogP) is 2.14. The smallest absolute Gasteiger partial charge is 0.354 e. The van der Waals surface area contributed by atoms with Crippen molar-refractivity contribution in [2.45, 2.75) is 31.2 Å². The molecule has 1 saturated heterocycles. The molecule has 2 aromatic heterocycles. The van der Waals surface area contributed by atoms with Gasteiger partial charge in [-0.3, -0.25) is 9.20 Å². The fourth-order valence-corrected chi connectivity index (χ4v) is 5.02. The molecule has 0 spiro atoms. The van der Waals surface area contributed by atoms with E-state index >= 15 is 4.39 Å². The molecule has 1 aliphatic carbocycles. The van der Waals surface area contributed by atoms with Crippen molar-refractivity contribution in [3.05, 3.63) is 73.6 Å². The van der Waals surface area contributed by atoms with Crippen LogP contribution in [-0.4, -0.2) is 29.3 Å². The molecule has 2 unspecified atom stereocenters. The number of halogens is 4. The molecule has 1 aliphatic heterocycles. The first-order chi connectivity index (χ1) is 16.6. The molecule has 35 heavy (non-hydrogen) atoms. The zero-order valence-electron chi connectivity index (χ0n) is 18.7. The van der Waals surface area contributed by atoms with Gasteiger partial charge in [-0.15, -0.1) is 0 Å². The fraction of sp³-hybridized carbons (Fsp3) is 0.391. The van der Waals surface area contributed by atoms with Crippen LogP contribution < -0.4 is 32.5 Å². The quantitative estimate of drug-likeness (QED) is 0.417. The molecule has 3 heterocycles. The van der Waals surface area contributed by atoms with Crippen molar-refractivity contribution in [1.82, 2.24) is 9.08 Å². The van der Waals surface area contributed by atoms with Gasteiger partial charge in [0, 0.05) is 36.8 Å². The van der Waals surface area contributed by atoms with Crippen molar-refractivity contribution in [3.8, 4) is 5.75 Å². The van der Waals surface area contributed by atoms with Gasteiger partial charge in [-0.05, 0) is 31.1 Å². The van der Waals surface area contributed by atoms with Gasteiger partial charge in [0.15, 0.2) is 11.6 Å². The largest absolute Gasteiger partial charge is 0.492 e. The number of rotatable bonds is 5. The maximum atomic E-state index is 15.4. The number of benzene rings is 1. The van der Waals surface area contributed by atoms with Crippen molar-refractivity contribution in [3.63, 3.8) is 0 Å². The minimum absolute atomic E-state index is 0.00457. The molecule has 0 bridgehead atoms. The Morgan fingerprint density at radius 1 is 1.06 bits per heavy atom. The molecule has 4 N–H and O–H groups in total. The maximum Gasteiger partial charge on any atom is 0.354 e. The summed E-state index contributed by atoms with van der Waals surface area (Å²) in [7, 11) is 1.30. The molecule has 12 heteroatoms. The SMILES string of the molecule is COc1c(N2CCC(C(N)c3c(F)cc(F)cc3F)C2)c(F)cn2c(=O)n(N)c(=O)c(C3CC3)c12. The number of hydrogen-bond donors (Lipinski definition) is 2. The van der Waals surface area contributed by atoms with Crippen LogP contribution in [0.4, 0.5) is 23.2 Å². The zero-order valence-corrected chi connectivity index (χ0v) is 18.7. The average Bonchev–Trinajstić information content (AvgIpc) is 3.52. The van der Waals surface area contributed by atoms with Gasteiger partial charge < -0.3 is 21.2 Å². The summed E-state index contributed by atoms with van der Waals surface area (Å²) in [5.74, 6) is 0.994. The number of nitrogens with zero attached hydrogens (tertiary/aromatic N) is 3. The summed E-state index contributed by atoms with van der Waals surface area (Å²) in [6.07, 6.45) is 2.75. The lowest BCUT2D eigenvalue weighted by atomic mass is 9.92. The highest BCUT2D eigenvalue weighted by Crippen LogP contribution is 2.45. The summed E-state index contributed by atoms with van der Waals surface area (Å²) in [6, 6.07) is 0.0285. The molecule has 2 fully saturated rings. The zero-order chi connectivity index (χ0) is 25.2. The first-order valence-corrected chi connectivity index (χ1v) is 11.1. The van der Waals surface area contributed by atoms with Crippen LogP contribution in [0.3, 0.4) is 0 Å². The molecule has 2 atom stereocenters. The van der Waals surface area contributed by atoms with Crippen LogP contribution in [0.5, 0.6) is 5.75 Å². The molecular formula is C23H23F4N5O3. The Hall–Kier alpha value is -3.54. The Bertz CT molecular complexity index is 1440. The lowest BCUT2D eigenvalue weighted by molar-refractivity contribution is 0.410. The van der Waals surface area contributed by atoms with Crippen molar-refractivity contribution >= 4 is 11.2 Å². The summed E-state index contributed by atoms with van der Waals surface area (Å²) in [5, 5.41) is 0. The Kier molecular flexibility index (Phi) is 5.50. The van der Waals surface area contributed by atoms with E-state index in [9.17, 15) is 22.8 Å². The van der Waals surface area contributed by atoms with Gasteiger partial charge in [0.25, 0.3) is 5.56 Å². The maximum absolute atomic E-state index is 15.4. The standard InChI is InChI=1S/C23H23F4N5O3/c1-35-21-19(15(27)9-31-20(21)16(10-2-3-10)22(33)32(29)23(31)34)30-5-4-11(8-30)18(28)17-13(25)6-12(24)7-14(17)26/h6-7,9-11,18H,2-5,8,28-29H2,1H3. The summed E-state index contributed by atoms with van der Waals surface area (Å²) >= 11 is 0. The van der Waals surface area contributed by atoms with E-state index in [0.29, 0.717) is 36.1 Å². The highest BCUT2D eigenvalue weighted by atomic mass is 19.1. The second kappa shape index (κ2) is 8.29. The number of ether oxygens (including phenoxy) is 1. The van der Waals surface area contributed by atoms with Crippen LogP contribution >= 0.6 is 0 Å². The summed E-state index contributed by atoms with van der Waals surface area (Å²) in [6.45, 7) is 0.376. The topological polar surface area (TPSA) is 108 Å². The third-order valence-electron chi connectivity index (χ3n) is 6.87. The van der Waals surface area contributed by atoms with Crippen LogP contribution in [-0.2, 0) is 0 Å². The van der Waals surface area contributed by atoms with Crippen LogP contribution in [0, 0.1) is 29.2 Å². The molecule has 1 saturated carbocycles. The Morgan fingerprint density at radius 2 is 1.71 bits per heavy atom. The van der Waals surface area contributed by atoms with Crippen LogP contribution in [0.25, 0.3) is 5.52 Å². The van der Waals surface area contributed by atoms with Gasteiger partial charge in [-0.1, -0.05) is 0 Å². The Balaban J connectivity index is 1.59. The van der Waals surface area contributed by atoms with E-state index in [4.69, 9.17) is 16.3 Å². The number of anilines is 1. The summed E-state index contributed by atoms with van der Waals surface area (Å²) in [5.41, 5.74) is 4.57. The molecule has 186 valence electrons. The van der Waals surface area contributed by atoms with E-state index < -0.39 is 52.0 Å². The average molecular weight is 493 g/mol. The Labute approximate surface area is 196 Å². The van der Waals surface area contributed by atoms with E-state index in [1.54, 1.807) is 4.90 Å². The highest BCUT2D eigenvalue weighted by Gasteiger charge is 2.37. The van der Waals surface area contributed by atoms with Gasteiger partial charge in [0.05, 0.1) is 18.9 Å². The number of nitrogen functional groups attached to an aromatic ring is 1. The third-order valence-corrected chi connectivity index (χ3v) is 6.87. The predicted molar refractivity (Wildman–Crippen MR) is 120 cm³/mol. The van der Waals surface area contributed by atoms with Crippen molar-refractivity contribution in [1.29, 1.82) is 0 Å². The molecule has 5 rings (SSSR count). The summed E-state index contributed by atoms with van der Waals surface area (Å²) < 4.78 is 64.3. The van der Waals surface area contributed by atoms with Gasteiger partial charge in [0.1, 0.15) is 28.7 Å². The van der Waals surface area contributed by atoms with E-state index in [1.807, 2.05) is 0 Å². The first kappa shape index (κ1) is 23.2. The van der Waals surface area contributed by atoms with E-state index in [1.165, 1.54) is 7.11 Å². The van der Waals surface area contributed by atoms with E-state index in [-0.39, 0.29) is 41.5 Å². The van der Waals surface area contributed by atoms with Crippen LogP contribution in [0.2, 0.25) is 0 Å². The first-order valence-electron chi connectivity index (χ1n) is 11.1. The normalized spacial score (nSPS) is 18.9. The van der Waals surface area contributed by atoms with Gasteiger partial charge >= 0.3 is 5.69 Å². The second-order valence-electron chi connectivity index (χ2n) is 9.03. The lowest BCUT2D eigenvalue weighted by Crippen LogP contribution is -2.44. The molecule has 3 aromatic rings. The molecule has 2 aliphatic rings. The number of nitrogens with two attached hydrogens (primary N) is 2. The minimum Gasteiger partial charge on any atom is -0.492 e. The number of pyridine rings is 1. The molecule has 0 amide bonds. The fourth-order valence-electron chi connectivity index (χ4n) is 5.02. The van der Waals surface area contributed by atoms with Crippen LogP contribution in [0.15, 0.2) is 27.9 Å². The second-order valence-corrected chi connectivity index (χ2v) is 9.03. The van der Waals surface area contributed by atoms with Crippen molar-refractivity contribution in [2.75, 3.05) is 30.9 Å². The van der Waals surface area contributed by atoms with Crippen molar-refractivity contribution < 1.29 is 22.3 Å². The number of methoxy groups -OCH3 is 1.